The van der Waals surface area contributed by atoms with Crippen molar-refractivity contribution in [3.63, 3.8) is 0 Å². The number of rotatable bonds is 2. The van der Waals surface area contributed by atoms with Gasteiger partial charge < -0.3 is 15.2 Å². The molecule has 0 atom stereocenters. The van der Waals surface area contributed by atoms with E-state index in [-0.39, 0.29) is 5.82 Å². The monoisotopic (exact) mass is 188 g/mol. The number of nitrogens with zero attached hydrogens (tertiary/aromatic N) is 3. The van der Waals surface area contributed by atoms with Gasteiger partial charge in [0, 0.05) is 0 Å². The summed E-state index contributed by atoms with van der Waals surface area (Å²) in [6, 6.07) is 0. The van der Waals surface area contributed by atoms with Crippen molar-refractivity contribution in [3.05, 3.63) is 22.1 Å². The second-order valence-electron chi connectivity index (χ2n) is 3.09. The van der Waals surface area contributed by atoms with E-state index in [1.54, 1.807) is 0 Å². The van der Waals surface area contributed by atoms with E-state index < -0.39 is 23.3 Å². The topological polar surface area (TPSA) is 81.2 Å². The zero-order valence-electron chi connectivity index (χ0n) is 10.2. The second-order valence-corrected chi connectivity index (χ2v) is 3.09. The molecule has 0 unspecified atom stereocenters. The first-order chi connectivity index (χ1) is 7.05. The number of hydrogen-bond acceptors (Lipinski definition) is 4. The lowest BCUT2D eigenvalue weighted by Gasteiger charge is -2.12. The van der Waals surface area contributed by atoms with Crippen LogP contribution >= 0.6 is 0 Å². The Labute approximate surface area is 79.2 Å². The van der Waals surface area contributed by atoms with Crippen molar-refractivity contribution in [1.82, 2.24) is 9.55 Å². The number of nitro groups is 1. The Morgan fingerprint density at radius 2 is 2.46 bits per heavy atom. The maximum atomic E-state index is 10.6. The molecule has 0 fully saturated rings. The predicted octanol–water partition coefficient (Wildman–Crippen LogP) is 0.556. The summed E-state index contributed by atoms with van der Waals surface area (Å²) in [5.41, 5.74) is -1.57. The Bertz CT molecular complexity index is 419. The lowest BCUT2D eigenvalue weighted by atomic mass is 10.1. The van der Waals surface area contributed by atoms with Crippen LogP contribution in [0, 0.1) is 10.1 Å². The van der Waals surface area contributed by atoms with Crippen LogP contribution in [0.15, 0.2) is 6.20 Å². The Morgan fingerprint density at radius 1 is 1.85 bits per heavy atom. The smallest absolute Gasteiger partial charge is 0.342 e. The van der Waals surface area contributed by atoms with Gasteiger partial charge in [0.15, 0.2) is 0 Å². The molecular weight excluding hydrogens is 174 g/mol. The Hall–Kier alpha value is -1.43. The molecular formula is C7H11N3O3. The highest BCUT2D eigenvalue weighted by Crippen LogP contribution is 2.21. The average molecular weight is 188 g/mol. The van der Waals surface area contributed by atoms with Crippen molar-refractivity contribution in [2.24, 2.45) is 6.98 Å². The summed E-state index contributed by atoms with van der Waals surface area (Å²) in [5, 5.41) is 20.3. The Morgan fingerprint density at radius 3 is 2.85 bits per heavy atom. The summed E-state index contributed by atoms with van der Waals surface area (Å²) in [4.78, 5) is 13.4. The van der Waals surface area contributed by atoms with E-state index >= 15 is 0 Å². The Balaban J connectivity index is 3.50. The van der Waals surface area contributed by atoms with Crippen LogP contribution in [0.4, 0.5) is 5.82 Å². The van der Waals surface area contributed by atoms with E-state index in [4.69, 9.17) is 4.11 Å². The van der Waals surface area contributed by atoms with E-state index in [0.29, 0.717) is 4.57 Å². The molecule has 0 saturated carbocycles. The van der Waals surface area contributed by atoms with Crippen molar-refractivity contribution >= 4 is 5.82 Å². The normalized spacial score (nSPS) is 16.1. The van der Waals surface area contributed by atoms with Gasteiger partial charge in [-0.2, -0.15) is 0 Å². The molecule has 0 radical (unpaired) electrons. The summed E-state index contributed by atoms with van der Waals surface area (Å²) < 4.78 is 22.0. The van der Waals surface area contributed by atoms with Gasteiger partial charge in [-0.05, 0) is 18.8 Å². The number of hydrogen-bond donors (Lipinski definition) is 1. The van der Waals surface area contributed by atoms with Gasteiger partial charge in [0.2, 0.25) is 5.82 Å². The molecule has 72 valence electrons. The summed E-state index contributed by atoms with van der Waals surface area (Å²) in [5.74, 6) is -0.934. The first-order valence-corrected chi connectivity index (χ1v) is 3.50. The van der Waals surface area contributed by atoms with Crippen molar-refractivity contribution in [3.8, 4) is 0 Å². The predicted molar refractivity (Wildman–Crippen MR) is 45.1 cm³/mol. The fraction of sp³-hybridized carbons (Fsp3) is 0.571. The van der Waals surface area contributed by atoms with Gasteiger partial charge in [0.1, 0.15) is 11.8 Å². The van der Waals surface area contributed by atoms with E-state index in [9.17, 15) is 15.2 Å². The fourth-order valence-electron chi connectivity index (χ4n) is 0.903. The van der Waals surface area contributed by atoms with Gasteiger partial charge in [0.05, 0.1) is 11.1 Å². The second kappa shape index (κ2) is 2.81. The zero-order valence-corrected chi connectivity index (χ0v) is 7.18. The van der Waals surface area contributed by atoms with Gasteiger partial charge in [-0.25, -0.2) is 9.55 Å². The molecule has 0 aliphatic heterocycles. The van der Waals surface area contributed by atoms with Crippen LogP contribution in [0.3, 0.4) is 0 Å². The molecule has 1 aromatic rings. The maximum absolute atomic E-state index is 10.6. The third-order valence-corrected chi connectivity index (χ3v) is 1.48. The van der Waals surface area contributed by atoms with E-state index in [1.807, 2.05) is 0 Å². The van der Waals surface area contributed by atoms with Crippen molar-refractivity contribution in [2.75, 3.05) is 0 Å². The van der Waals surface area contributed by atoms with Crippen LogP contribution < -0.4 is 0 Å². The lowest BCUT2D eigenvalue weighted by Crippen LogP contribution is -2.21. The quantitative estimate of drug-likeness (QED) is 0.543. The molecule has 0 amide bonds. The molecule has 1 rings (SSSR count). The van der Waals surface area contributed by atoms with Crippen LogP contribution in [-0.4, -0.2) is 19.6 Å². The average Bonchev–Trinajstić information content (AvgIpc) is 2.43. The molecule has 13 heavy (non-hydrogen) atoms. The highest BCUT2D eigenvalue weighted by Gasteiger charge is 2.28. The van der Waals surface area contributed by atoms with Gasteiger partial charge >= 0.3 is 5.82 Å². The molecule has 1 aromatic heterocycles. The SMILES string of the molecule is [2H]C([2H])([2H])n1c([N+](=O)[O-])cnc1C(C)(C)O. The van der Waals surface area contributed by atoms with Crippen molar-refractivity contribution < 1.29 is 14.1 Å². The minimum absolute atomic E-state index is 0.265. The lowest BCUT2D eigenvalue weighted by molar-refractivity contribution is -0.392. The van der Waals surface area contributed by atoms with Gasteiger partial charge in [-0.3, -0.25) is 0 Å². The van der Waals surface area contributed by atoms with Gasteiger partial charge in [-0.15, -0.1) is 0 Å². The molecule has 6 nitrogen and oxygen atoms in total. The van der Waals surface area contributed by atoms with Crippen LogP contribution in [-0.2, 0) is 12.6 Å². The molecule has 0 aliphatic carbocycles. The molecule has 6 heteroatoms. The molecule has 0 bridgehead atoms. The summed E-state index contributed by atoms with van der Waals surface area (Å²) in [7, 11) is 0. The number of aromatic nitrogens is 2. The van der Waals surface area contributed by atoms with Gasteiger partial charge in [0.25, 0.3) is 0 Å². The standard InChI is InChI=1S/C7H11N3O3/c1-7(2,11)6-8-4-5(9(6)3)10(12)13/h4,11H,1-3H3/i3D3. The van der Waals surface area contributed by atoms with Crippen LogP contribution in [0.25, 0.3) is 0 Å². The molecule has 0 aromatic carbocycles. The largest absolute Gasteiger partial charge is 0.380 e. The van der Waals surface area contributed by atoms with E-state index in [1.165, 1.54) is 13.8 Å². The number of aliphatic hydroxyl groups is 1. The third-order valence-electron chi connectivity index (χ3n) is 1.48. The Kier molecular flexibility index (Phi) is 1.31. The summed E-state index contributed by atoms with van der Waals surface area (Å²) >= 11 is 0. The molecule has 1 N–H and O–H groups in total. The first kappa shape index (κ1) is 6.09. The molecule has 0 spiro atoms. The minimum Gasteiger partial charge on any atom is -0.380 e. The first-order valence-electron chi connectivity index (χ1n) is 5.00. The van der Waals surface area contributed by atoms with E-state index in [0.717, 1.165) is 6.20 Å². The van der Waals surface area contributed by atoms with E-state index in [2.05, 4.69) is 4.98 Å². The highest BCUT2D eigenvalue weighted by molar-refractivity contribution is 5.21. The molecule has 0 saturated heterocycles. The van der Waals surface area contributed by atoms with Gasteiger partial charge in [-0.1, -0.05) is 0 Å². The molecule has 1 heterocycles. The summed E-state index contributed by atoms with van der Waals surface area (Å²) in [6.45, 7) is -0.142. The number of imidazole rings is 1. The third kappa shape index (κ3) is 1.67. The maximum Gasteiger partial charge on any atom is 0.342 e. The van der Waals surface area contributed by atoms with Crippen LogP contribution in [0.2, 0.25) is 0 Å². The van der Waals surface area contributed by atoms with Crippen molar-refractivity contribution in [2.45, 2.75) is 19.4 Å². The minimum atomic E-state index is -2.76. The van der Waals surface area contributed by atoms with Crippen LogP contribution in [0.5, 0.6) is 0 Å². The molecule has 0 aliphatic rings. The fourth-order valence-corrected chi connectivity index (χ4v) is 0.903. The highest BCUT2D eigenvalue weighted by atomic mass is 16.6. The van der Waals surface area contributed by atoms with Crippen LogP contribution in [0.1, 0.15) is 23.8 Å². The zero-order chi connectivity index (χ0) is 12.7. The summed E-state index contributed by atoms with van der Waals surface area (Å²) in [6.07, 6.45) is 0.819. The van der Waals surface area contributed by atoms with Crippen molar-refractivity contribution in [1.29, 1.82) is 0 Å².